The average Bonchev–Trinajstić information content (AvgIpc) is 2.91. The molecule has 0 bridgehead atoms. The van der Waals surface area contributed by atoms with Gasteiger partial charge in [0.05, 0.1) is 17.1 Å². The van der Waals surface area contributed by atoms with Crippen molar-refractivity contribution in [1.82, 2.24) is 14.8 Å². The van der Waals surface area contributed by atoms with Crippen LogP contribution >= 0.6 is 0 Å². The highest BCUT2D eigenvalue weighted by Gasteiger charge is 2.22. The third-order valence-corrected chi connectivity index (χ3v) is 4.93. The second-order valence-corrected chi connectivity index (χ2v) is 6.84. The summed E-state index contributed by atoms with van der Waals surface area (Å²) < 4.78 is 31.0. The number of sulfonamides is 1. The molecule has 1 N–H and O–H groups in total. The number of nitrogens with one attached hydrogen (secondary N) is 1. The van der Waals surface area contributed by atoms with E-state index in [0.717, 1.165) is 0 Å². The van der Waals surface area contributed by atoms with Crippen molar-refractivity contribution in [2.75, 3.05) is 14.1 Å². The molecule has 1 aromatic carbocycles. The standard InChI is InChI=1S/C14H17N3O4S/c1-10-8-12(16-21-10)9-17(3)22(19,20)13-6-4-11(5-7-13)14(18)15-2/h4-8H,9H2,1-3H3,(H,15,18). The summed E-state index contributed by atoms with van der Waals surface area (Å²) in [5.41, 5.74) is 0.932. The zero-order valence-electron chi connectivity index (χ0n) is 12.5. The van der Waals surface area contributed by atoms with E-state index < -0.39 is 10.0 Å². The Kier molecular flexibility index (Phi) is 4.62. The van der Waals surface area contributed by atoms with E-state index in [1.54, 1.807) is 13.0 Å². The van der Waals surface area contributed by atoms with Crippen molar-refractivity contribution in [2.45, 2.75) is 18.4 Å². The van der Waals surface area contributed by atoms with Gasteiger partial charge in [-0.2, -0.15) is 4.31 Å². The molecule has 0 saturated heterocycles. The lowest BCUT2D eigenvalue weighted by Gasteiger charge is -2.15. The summed E-state index contributed by atoms with van der Waals surface area (Å²) in [5.74, 6) is 0.353. The van der Waals surface area contributed by atoms with Gasteiger partial charge in [-0.05, 0) is 31.2 Å². The van der Waals surface area contributed by atoms with Crippen LogP contribution in [0.15, 0.2) is 39.8 Å². The fourth-order valence-corrected chi connectivity index (χ4v) is 3.05. The Balaban J connectivity index is 2.20. The minimum atomic E-state index is -3.66. The normalized spacial score (nSPS) is 11.6. The lowest BCUT2D eigenvalue weighted by Crippen LogP contribution is -2.26. The molecule has 2 aromatic rings. The Morgan fingerprint density at radius 1 is 1.32 bits per heavy atom. The second-order valence-electron chi connectivity index (χ2n) is 4.79. The molecule has 0 atom stereocenters. The first-order valence-corrected chi connectivity index (χ1v) is 7.99. The van der Waals surface area contributed by atoms with E-state index >= 15 is 0 Å². The van der Waals surface area contributed by atoms with E-state index in [-0.39, 0.29) is 17.3 Å². The molecule has 1 amide bonds. The Labute approximate surface area is 129 Å². The van der Waals surface area contributed by atoms with Crippen molar-refractivity contribution in [1.29, 1.82) is 0 Å². The Morgan fingerprint density at radius 3 is 2.45 bits per heavy atom. The Morgan fingerprint density at radius 2 is 1.95 bits per heavy atom. The Hall–Kier alpha value is -2.19. The molecule has 0 spiro atoms. The number of hydrogen-bond acceptors (Lipinski definition) is 5. The lowest BCUT2D eigenvalue weighted by atomic mass is 10.2. The van der Waals surface area contributed by atoms with Crippen LogP contribution in [0.3, 0.4) is 0 Å². The van der Waals surface area contributed by atoms with Gasteiger partial charge in [0.1, 0.15) is 5.76 Å². The first-order chi connectivity index (χ1) is 10.3. The number of amides is 1. The molecule has 8 heteroatoms. The summed E-state index contributed by atoms with van der Waals surface area (Å²) in [4.78, 5) is 11.6. The van der Waals surface area contributed by atoms with Crippen LogP contribution in [-0.4, -0.2) is 37.9 Å². The molecule has 118 valence electrons. The maximum atomic E-state index is 12.5. The van der Waals surface area contributed by atoms with Gasteiger partial charge in [-0.25, -0.2) is 8.42 Å². The number of carbonyl (C=O) groups excluding carboxylic acids is 1. The highest BCUT2D eigenvalue weighted by atomic mass is 32.2. The van der Waals surface area contributed by atoms with Gasteiger partial charge in [0.25, 0.3) is 5.91 Å². The van der Waals surface area contributed by atoms with Crippen molar-refractivity contribution in [3.05, 3.63) is 47.3 Å². The number of aromatic nitrogens is 1. The topological polar surface area (TPSA) is 92.5 Å². The number of aryl methyl sites for hydroxylation is 1. The molecular weight excluding hydrogens is 306 g/mol. The van der Waals surface area contributed by atoms with Crippen LogP contribution in [-0.2, 0) is 16.6 Å². The quantitative estimate of drug-likeness (QED) is 0.891. The molecule has 0 unspecified atom stereocenters. The third kappa shape index (κ3) is 3.34. The van der Waals surface area contributed by atoms with Crippen LogP contribution in [0.1, 0.15) is 21.8 Å². The van der Waals surface area contributed by atoms with Crippen LogP contribution in [0.25, 0.3) is 0 Å². The molecule has 0 aliphatic rings. The van der Waals surface area contributed by atoms with Crippen molar-refractivity contribution < 1.29 is 17.7 Å². The molecule has 0 saturated carbocycles. The van der Waals surface area contributed by atoms with E-state index in [9.17, 15) is 13.2 Å². The number of benzene rings is 1. The first kappa shape index (κ1) is 16.2. The van der Waals surface area contributed by atoms with Crippen molar-refractivity contribution in [3.8, 4) is 0 Å². The van der Waals surface area contributed by atoms with E-state index in [4.69, 9.17) is 4.52 Å². The van der Waals surface area contributed by atoms with Crippen LogP contribution in [0.2, 0.25) is 0 Å². The van der Waals surface area contributed by atoms with Gasteiger partial charge in [-0.3, -0.25) is 4.79 Å². The van der Waals surface area contributed by atoms with E-state index in [2.05, 4.69) is 10.5 Å². The number of nitrogens with zero attached hydrogens (tertiary/aromatic N) is 2. The highest BCUT2D eigenvalue weighted by Crippen LogP contribution is 2.17. The van der Waals surface area contributed by atoms with Crippen LogP contribution in [0.4, 0.5) is 0 Å². The largest absolute Gasteiger partial charge is 0.361 e. The Bertz CT molecular complexity index is 766. The van der Waals surface area contributed by atoms with Gasteiger partial charge >= 0.3 is 0 Å². The van der Waals surface area contributed by atoms with Crippen molar-refractivity contribution in [2.24, 2.45) is 0 Å². The summed E-state index contributed by atoms with van der Waals surface area (Å²) in [6.07, 6.45) is 0. The molecular formula is C14H17N3O4S. The van der Waals surface area contributed by atoms with Crippen molar-refractivity contribution in [3.63, 3.8) is 0 Å². The summed E-state index contributed by atoms with van der Waals surface area (Å²) in [7, 11) is -0.678. The van der Waals surface area contributed by atoms with Crippen LogP contribution in [0.5, 0.6) is 0 Å². The van der Waals surface area contributed by atoms with Crippen LogP contribution < -0.4 is 5.32 Å². The molecule has 0 aliphatic heterocycles. The third-order valence-electron chi connectivity index (χ3n) is 3.11. The maximum absolute atomic E-state index is 12.5. The lowest BCUT2D eigenvalue weighted by molar-refractivity contribution is 0.0963. The molecule has 2 rings (SSSR count). The fraction of sp³-hybridized carbons (Fsp3) is 0.286. The minimum absolute atomic E-state index is 0.108. The smallest absolute Gasteiger partial charge is 0.251 e. The van der Waals surface area contributed by atoms with E-state index in [0.29, 0.717) is 17.0 Å². The van der Waals surface area contributed by atoms with Crippen molar-refractivity contribution >= 4 is 15.9 Å². The summed E-state index contributed by atoms with van der Waals surface area (Å²) in [5, 5.41) is 6.26. The average molecular weight is 323 g/mol. The molecule has 0 fully saturated rings. The molecule has 22 heavy (non-hydrogen) atoms. The predicted octanol–water partition coefficient (Wildman–Crippen LogP) is 1.16. The number of rotatable bonds is 5. The van der Waals surface area contributed by atoms with Gasteiger partial charge in [-0.15, -0.1) is 0 Å². The summed E-state index contributed by atoms with van der Waals surface area (Å²) in [6, 6.07) is 7.44. The minimum Gasteiger partial charge on any atom is -0.361 e. The first-order valence-electron chi connectivity index (χ1n) is 6.55. The van der Waals surface area contributed by atoms with Gasteiger partial charge in [0.15, 0.2) is 0 Å². The number of carbonyl (C=O) groups is 1. The SMILES string of the molecule is CNC(=O)c1ccc(S(=O)(=O)N(C)Cc2cc(C)on2)cc1. The van der Waals surface area contributed by atoms with E-state index in [1.165, 1.54) is 42.7 Å². The van der Waals surface area contributed by atoms with Gasteiger partial charge in [-0.1, -0.05) is 5.16 Å². The zero-order valence-corrected chi connectivity index (χ0v) is 13.3. The van der Waals surface area contributed by atoms with Crippen LogP contribution in [0, 0.1) is 6.92 Å². The molecule has 1 heterocycles. The fourth-order valence-electron chi connectivity index (χ4n) is 1.91. The van der Waals surface area contributed by atoms with E-state index in [1.807, 2.05) is 0 Å². The number of hydrogen-bond donors (Lipinski definition) is 1. The van der Waals surface area contributed by atoms with Gasteiger partial charge in [0, 0.05) is 25.7 Å². The molecule has 1 aromatic heterocycles. The molecule has 7 nitrogen and oxygen atoms in total. The highest BCUT2D eigenvalue weighted by molar-refractivity contribution is 7.89. The van der Waals surface area contributed by atoms with Gasteiger partial charge in [0.2, 0.25) is 10.0 Å². The predicted molar refractivity (Wildman–Crippen MR) is 79.7 cm³/mol. The summed E-state index contributed by atoms with van der Waals surface area (Å²) in [6.45, 7) is 1.85. The zero-order chi connectivity index (χ0) is 16.3. The monoisotopic (exact) mass is 323 g/mol. The maximum Gasteiger partial charge on any atom is 0.251 e. The van der Waals surface area contributed by atoms with Gasteiger partial charge < -0.3 is 9.84 Å². The molecule has 0 aliphatic carbocycles. The second kappa shape index (κ2) is 6.29. The molecule has 0 radical (unpaired) electrons. The summed E-state index contributed by atoms with van der Waals surface area (Å²) >= 11 is 0.